The van der Waals surface area contributed by atoms with Gasteiger partial charge < -0.3 is 27.0 Å². The van der Waals surface area contributed by atoms with E-state index in [0.717, 1.165) is 21.7 Å². The lowest BCUT2D eigenvalue weighted by Crippen LogP contribution is -2.46. The van der Waals surface area contributed by atoms with Gasteiger partial charge in [-0.25, -0.2) is 8.42 Å². The number of nitrogen functional groups attached to an aromatic ring is 1. The number of hydrogen-bond acceptors (Lipinski definition) is 7. The van der Waals surface area contributed by atoms with Gasteiger partial charge in [0.2, 0.25) is 15.9 Å². The predicted octanol–water partition coefficient (Wildman–Crippen LogP) is 2.57. The first-order valence-corrected chi connectivity index (χ1v) is 15.8. The molecule has 0 bridgehead atoms. The molecule has 0 aliphatic rings. The van der Waals surface area contributed by atoms with E-state index in [1.807, 2.05) is 56.3 Å². The molecule has 0 saturated carbocycles. The van der Waals surface area contributed by atoms with Crippen LogP contribution in [0.25, 0.3) is 0 Å². The Labute approximate surface area is 253 Å². The van der Waals surface area contributed by atoms with E-state index in [1.165, 1.54) is 25.2 Å². The normalized spacial score (nSPS) is 12.6. The van der Waals surface area contributed by atoms with Gasteiger partial charge in [0.15, 0.2) is 0 Å². The van der Waals surface area contributed by atoms with Crippen LogP contribution in [0, 0.1) is 0 Å². The average molecular weight is 609 g/mol. The van der Waals surface area contributed by atoms with Gasteiger partial charge in [-0.05, 0) is 54.8 Å². The third-order valence-corrected chi connectivity index (χ3v) is 8.13. The van der Waals surface area contributed by atoms with Crippen LogP contribution in [0.5, 0.6) is 0 Å². The number of nitrogens with two attached hydrogens (primary N) is 1. The number of rotatable bonds is 14. The number of carbonyl (C=O) groups is 3. The zero-order valence-electron chi connectivity index (χ0n) is 24.9. The Kier molecular flexibility index (Phi) is 11.7. The van der Waals surface area contributed by atoms with Crippen LogP contribution in [0.1, 0.15) is 58.2 Å². The van der Waals surface area contributed by atoms with Gasteiger partial charge in [-0.2, -0.15) is 0 Å². The Balaban J connectivity index is 1.64. The zero-order chi connectivity index (χ0) is 31.6. The number of sulfonamides is 1. The molecule has 0 aliphatic carbocycles. The molecule has 43 heavy (non-hydrogen) atoms. The topological polar surface area (TPSA) is 163 Å². The lowest BCUT2D eigenvalue weighted by Gasteiger charge is -2.20. The van der Waals surface area contributed by atoms with E-state index < -0.39 is 27.9 Å². The van der Waals surface area contributed by atoms with Gasteiger partial charge in [-0.15, -0.1) is 0 Å². The molecule has 3 aromatic rings. The Hall–Kier alpha value is -4.42. The third-order valence-electron chi connectivity index (χ3n) is 6.92. The molecular formula is C31H40N6O5S. The molecule has 3 amide bonds. The summed E-state index contributed by atoms with van der Waals surface area (Å²) in [7, 11) is -2.30. The molecule has 0 spiro atoms. The Morgan fingerprint density at radius 2 is 1.51 bits per heavy atom. The van der Waals surface area contributed by atoms with Gasteiger partial charge in [0, 0.05) is 43.5 Å². The lowest BCUT2D eigenvalue weighted by atomic mass is 10.1. The summed E-state index contributed by atoms with van der Waals surface area (Å²) in [5.41, 5.74) is 8.62. The highest BCUT2D eigenvalue weighted by molar-refractivity contribution is 7.92. The van der Waals surface area contributed by atoms with Crippen molar-refractivity contribution in [2.24, 2.45) is 0 Å². The maximum atomic E-state index is 13.2. The molecule has 0 aliphatic heterocycles. The molecule has 3 rings (SSSR count). The van der Waals surface area contributed by atoms with Crippen molar-refractivity contribution in [1.82, 2.24) is 21.3 Å². The second kappa shape index (κ2) is 15.2. The number of carbonyl (C=O) groups excluding carboxylic acids is 3. The number of benzene rings is 3. The van der Waals surface area contributed by atoms with E-state index in [-0.39, 0.29) is 35.3 Å². The molecule has 0 radical (unpaired) electrons. The first-order valence-electron chi connectivity index (χ1n) is 14.0. The van der Waals surface area contributed by atoms with E-state index in [2.05, 4.69) is 21.3 Å². The maximum Gasteiger partial charge on any atom is 0.251 e. The van der Waals surface area contributed by atoms with Crippen molar-refractivity contribution in [2.75, 3.05) is 36.4 Å². The van der Waals surface area contributed by atoms with Crippen molar-refractivity contribution in [3.05, 3.63) is 95.1 Å². The summed E-state index contributed by atoms with van der Waals surface area (Å²) >= 11 is 0. The van der Waals surface area contributed by atoms with Crippen LogP contribution in [0.15, 0.2) is 72.8 Å². The number of nitrogens with zero attached hydrogens (tertiary/aromatic N) is 1. The summed E-state index contributed by atoms with van der Waals surface area (Å²) < 4.78 is 25.5. The Bertz CT molecular complexity index is 1510. The standard InChI is InChI=1S/C31H40N6O5S/c1-5-28(31(40)35-20-22-11-13-26(32)14-12-22)33-15-16-34-29(38)24-17-25(19-27(18-24)37(3)43(4,41)42)30(39)36-21(2)23-9-7-6-8-10-23/h6-14,17-19,21,28,33H,5,15-16,20,32H2,1-4H3,(H,34,38)(H,35,40)(H,36,39)/t21-,28+/m1/s1. The minimum Gasteiger partial charge on any atom is -0.399 e. The Morgan fingerprint density at radius 3 is 2.12 bits per heavy atom. The van der Waals surface area contributed by atoms with Crippen molar-refractivity contribution in [3.63, 3.8) is 0 Å². The van der Waals surface area contributed by atoms with Gasteiger partial charge >= 0.3 is 0 Å². The molecule has 230 valence electrons. The van der Waals surface area contributed by atoms with Gasteiger partial charge in [0.05, 0.1) is 24.0 Å². The van der Waals surface area contributed by atoms with Crippen LogP contribution in [0.2, 0.25) is 0 Å². The second-order valence-electron chi connectivity index (χ2n) is 10.2. The molecule has 0 heterocycles. The fourth-order valence-corrected chi connectivity index (χ4v) is 4.73. The fourth-order valence-electron chi connectivity index (χ4n) is 4.25. The van der Waals surface area contributed by atoms with Crippen molar-refractivity contribution >= 4 is 39.1 Å². The quantitative estimate of drug-likeness (QED) is 0.139. The molecule has 0 aromatic heterocycles. The van der Waals surface area contributed by atoms with Crippen LogP contribution in [-0.2, 0) is 21.4 Å². The predicted molar refractivity (Wildman–Crippen MR) is 169 cm³/mol. The van der Waals surface area contributed by atoms with Crippen LogP contribution in [-0.4, -0.2) is 58.6 Å². The Morgan fingerprint density at radius 1 is 0.884 bits per heavy atom. The molecule has 0 unspecified atom stereocenters. The van der Waals surface area contributed by atoms with Crippen LogP contribution >= 0.6 is 0 Å². The number of nitrogens with one attached hydrogen (secondary N) is 4. The highest BCUT2D eigenvalue weighted by Crippen LogP contribution is 2.22. The second-order valence-corrected chi connectivity index (χ2v) is 12.2. The molecule has 0 saturated heterocycles. The van der Waals surface area contributed by atoms with Gasteiger partial charge in [0.1, 0.15) is 0 Å². The zero-order valence-corrected chi connectivity index (χ0v) is 25.7. The van der Waals surface area contributed by atoms with Gasteiger partial charge in [-0.1, -0.05) is 49.4 Å². The molecule has 11 nitrogen and oxygen atoms in total. The van der Waals surface area contributed by atoms with Gasteiger partial charge in [0.25, 0.3) is 11.8 Å². The van der Waals surface area contributed by atoms with Crippen LogP contribution in [0.4, 0.5) is 11.4 Å². The smallest absolute Gasteiger partial charge is 0.251 e. The van der Waals surface area contributed by atoms with Crippen molar-refractivity contribution in [1.29, 1.82) is 0 Å². The minimum absolute atomic E-state index is 0.124. The van der Waals surface area contributed by atoms with Crippen molar-refractivity contribution in [2.45, 2.75) is 38.9 Å². The number of amides is 3. The summed E-state index contributed by atoms with van der Waals surface area (Å²) in [4.78, 5) is 38.9. The maximum absolute atomic E-state index is 13.2. The van der Waals surface area contributed by atoms with Crippen LogP contribution < -0.4 is 31.3 Å². The fraction of sp³-hybridized carbons (Fsp3) is 0.323. The minimum atomic E-state index is -3.66. The summed E-state index contributed by atoms with van der Waals surface area (Å²) in [5, 5.41) is 11.7. The molecule has 12 heteroatoms. The SMILES string of the molecule is CC[C@H](NCCNC(=O)c1cc(C(=O)N[C@H](C)c2ccccc2)cc(N(C)S(C)(=O)=O)c1)C(=O)NCc1ccc(N)cc1. The first-order chi connectivity index (χ1) is 20.4. The van der Waals surface area contributed by atoms with Crippen LogP contribution in [0.3, 0.4) is 0 Å². The molecule has 2 atom stereocenters. The molecular weight excluding hydrogens is 568 g/mol. The number of hydrogen-bond donors (Lipinski definition) is 5. The summed E-state index contributed by atoms with van der Waals surface area (Å²) in [5.74, 6) is -1.11. The van der Waals surface area contributed by atoms with E-state index in [9.17, 15) is 22.8 Å². The average Bonchev–Trinajstić information content (AvgIpc) is 2.99. The summed E-state index contributed by atoms with van der Waals surface area (Å²) in [6, 6.07) is 20.1. The van der Waals surface area contributed by atoms with Crippen molar-refractivity contribution < 1.29 is 22.8 Å². The largest absolute Gasteiger partial charge is 0.399 e. The van der Waals surface area contributed by atoms with Crippen molar-refractivity contribution in [3.8, 4) is 0 Å². The number of anilines is 2. The third kappa shape index (κ3) is 9.83. The van der Waals surface area contributed by atoms with E-state index in [1.54, 1.807) is 12.1 Å². The summed E-state index contributed by atoms with van der Waals surface area (Å²) in [6.45, 7) is 4.59. The monoisotopic (exact) mass is 608 g/mol. The highest BCUT2D eigenvalue weighted by atomic mass is 32.2. The first kappa shape index (κ1) is 33.1. The van der Waals surface area contributed by atoms with Gasteiger partial charge in [-0.3, -0.25) is 18.7 Å². The molecule has 6 N–H and O–H groups in total. The van der Waals surface area contributed by atoms with E-state index in [0.29, 0.717) is 25.2 Å². The van der Waals surface area contributed by atoms with E-state index >= 15 is 0 Å². The molecule has 3 aromatic carbocycles. The summed E-state index contributed by atoms with van der Waals surface area (Å²) in [6.07, 6.45) is 1.58. The molecule has 0 fully saturated rings. The lowest BCUT2D eigenvalue weighted by molar-refractivity contribution is -0.123. The highest BCUT2D eigenvalue weighted by Gasteiger charge is 2.20. The van der Waals surface area contributed by atoms with E-state index in [4.69, 9.17) is 5.73 Å².